The fourth-order valence-electron chi connectivity index (χ4n) is 4.60. The molecule has 0 radical (unpaired) electrons. The molecule has 1 aliphatic rings. The topological polar surface area (TPSA) is 139 Å². The van der Waals surface area contributed by atoms with Crippen LogP contribution in [0.4, 0.5) is 5.69 Å². The number of carbonyl (C=O) groups excluding carboxylic acids is 2. The molecule has 0 bridgehead atoms. The van der Waals surface area contributed by atoms with Crippen LogP contribution >= 0.6 is 0 Å². The number of rotatable bonds is 10. The van der Waals surface area contributed by atoms with Gasteiger partial charge in [-0.1, -0.05) is 70.7 Å². The van der Waals surface area contributed by atoms with Gasteiger partial charge in [0, 0.05) is 63.5 Å². The number of anilines is 1. The summed E-state index contributed by atoms with van der Waals surface area (Å²) in [6.07, 6.45) is 5.23. The van der Waals surface area contributed by atoms with Crippen molar-refractivity contribution in [2.45, 2.75) is 64.2 Å². The normalized spacial score (nSPS) is 14.1. The van der Waals surface area contributed by atoms with Crippen LogP contribution in [0, 0.1) is 17.8 Å². The Bertz CT molecular complexity index is 1190. The van der Waals surface area contributed by atoms with Gasteiger partial charge < -0.3 is 15.3 Å². The lowest BCUT2D eigenvalue weighted by molar-refractivity contribution is -0.135. The van der Waals surface area contributed by atoms with Gasteiger partial charge in [0.25, 0.3) is 0 Å². The number of amides is 2. The highest BCUT2D eigenvalue weighted by Crippen LogP contribution is 2.32. The van der Waals surface area contributed by atoms with Crippen molar-refractivity contribution in [3.8, 4) is 0 Å². The minimum absolute atomic E-state index is 0.00966. The number of carbonyl (C=O) groups is 2. The van der Waals surface area contributed by atoms with Crippen molar-refractivity contribution in [2.75, 3.05) is 46.2 Å². The van der Waals surface area contributed by atoms with E-state index in [9.17, 15) is 18.0 Å². The smallest absolute Gasteiger partial charge is 0.244 e. The molecule has 232 valence electrons. The number of nitrogens with zero attached hydrogens (tertiary/aromatic N) is 2. The fourth-order valence-corrected chi connectivity index (χ4v) is 5.70. The van der Waals surface area contributed by atoms with Crippen LogP contribution < -0.4 is 15.7 Å². The fraction of sp³-hybridized carbons (Fsp3) is 0.600. The van der Waals surface area contributed by atoms with Crippen LogP contribution in [0.1, 0.15) is 59.3 Å². The van der Waals surface area contributed by atoms with E-state index < -0.39 is 21.8 Å². The second kappa shape index (κ2) is 17.9. The maximum Gasteiger partial charge on any atom is 0.244 e. The van der Waals surface area contributed by atoms with Gasteiger partial charge in [0.2, 0.25) is 21.8 Å². The zero-order chi connectivity index (χ0) is 31.2. The Balaban J connectivity index is 0.000000363. The van der Waals surface area contributed by atoms with Crippen molar-refractivity contribution < 1.29 is 28.3 Å². The molecule has 10 nitrogen and oxygen atoms in total. The molecular weight excluding hydrogens is 544 g/mol. The Morgan fingerprint density at radius 2 is 1.54 bits per heavy atom. The molecule has 0 aromatic heterocycles. The minimum Gasteiger partial charge on any atom is -0.395 e. The first-order chi connectivity index (χ1) is 19.3. The standard InChI is InChI=1S/C14H18N2O2S.C12H22N2O4.C4H10/c1-15(2)13-9-5-8-12-11(13)7-6-10-14(12)19(17,18)16(3)4;15-6-5-13-12(17)10(8-11(16)14-18)7-9-3-1-2-4-9;1-4(2)3/h5-10H,1-4H3;9-10,15,18H,1-8H2,(H,13,17)(H,14,16);4H,1-3H3/t;10-;/m.1./s1. The van der Waals surface area contributed by atoms with Gasteiger partial charge >= 0.3 is 0 Å². The molecule has 0 aliphatic heterocycles. The van der Waals surface area contributed by atoms with Gasteiger partial charge in [-0.2, -0.15) is 0 Å². The van der Waals surface area contributed by atoms with E-state index in [1.54, 1.807) is 31.7 Å². The molecule has 1 atom stereocenters. The van der Waals surface area contributed by atoms with Gasteiger partial charge in [0.1, 0.15) is 0 Å². The molecule has 2 aromatic rings. The van der Waals surface area contributed by atoms with Crippen LogP contribution in [0.5, 0.6) is 0 Å². The number of nitrogens with one attached hydrogen (secondary N) is 2. The van der Waals surface area contributed by atoms with Crippen LogP contribution in [-0.4, -0.2) is 76.2 Å². The molecule has 11 heteroatoms. The van der Waals surface area contributed by atoms with Gasteiger partial charge in [-0.25, -0.2) is 18.2 Å². The molecule has 4 N–H and O–H groups in total. The number of fused-ring (bicyclic) bond motifs is 1. The number of hydrogen-bond acceptors (Lipinski definition) is 7. The first kappa shape index (κ1) is 36.3. The van der Waals surface area contributed by atoms with Crippen molar-refractivity contribution in [1.29, 1.82) is 0 Å². The Morgan fingerprint density at radius 1 is 0.976 bits per heavy atom. The Kier molecular flexibility index (Phi) is 15.9. The van der Waals surface area contributed by atoms with Gasteiger partial charge in [0.05, 0.1) is 11.5 Å². The summed E-state index contributed by atoms with van der Waals surface area (Å²) in [7, 11) is 3.55. The lowest BCUT2D eigenvalue weighted by atomic mass is 9.90. The summed E-state index contributed by atoms with van der Waals surface area (Å²) in [6, 6.07) is 11.1. The quantitative estimate of drug-likeness (QED) is 0.241. The first-order valence-corrected chi connectivity index (χ1v) is 15.6. The first-order valence-electron chi connectivity index (χ1n) is 14.2. The molecular formula is C30H50N4O6S. The van der Waals surface area contributed by atoms with Crippen molar-refractivity contribution in [2.24, 2.45) is 17.8 Å². The van der Waals surface area contributed by atoms with E-state index in [0.717, 1.165) is 35.2 Å². The van der Waals surface area contributed by atoms with E-state index >= 15 is 0 Å². The van der Waals surface area contributed by atoms with E-state index in [1.807, 2.05) is 43.3 Å². The molecule has 3 rings (SSSR count). The highest BCUT2D eigenvalue weighted by atomic mass is 32.2. The second-order valence-corrected chi connectivity index (χ2v) is 13.5. The highest BCUT2D eigenvalue weighted by Gasteiger charge is 2.27. The van der Waals surface area contributed by atoms with Gasteiger partial charge in [-0.05, 0) is 30.4 Å². The van der Waals surface area contributed by atoms with Crippen LogP contribution in [0.2, 0.25) is 0 Å². The lowest BCUT2D eigenvalue weighted by Crippen LogP contribution is -2.36. The molecule has 0 saturated heterocycles. The summed E-state index contributed by atoms with van der Waals surface area (Å²) in [5.74, 6) is 0.130. The number of aliphatic hydroxyl groups excluding tert-OH is 1. The molecule has 1 aliphatic carbocycles. The zero-order valence-corrected chi connectivity index (χ0v) is 26.5. The third-order valence-corrected chi connectivity index (χ3v) is 8.40. The molecule has 0 unspecified atom stereocenters. The van der Waals surface area contributed by atoms with Crippen molar-refractivity contribution in [3.05, 3.63) is 36.4 Å². The predicted octanol–water partition coefficient (Wildman–Crippen LogP) is 4.01. The number of hydrogen-bond donors (Lipinski definition) is 4. The molecule has 0 spiro atoms. The lowest BCUT2D eigenvalue weighted by Gasteiger charge is -2.19. The number of benzene rings is 2. The van der Waals surface area contributed by atoms with E-state index in [0.29, 0.717) is 17.2 Å². The Hall–Kier alpha value is -2.73. The summed E-state index contributed by atoms with van der Waals surface area (Å²) < 4.78 is 25.9. The monoisotopic (exact) mass is 594 g/mol. The van der Waals surface area contributed by atoms with E-state index in [4.69, 9.17) is 10.3 Å². The third-order valence-electron chi connectivity index (χ3n) is 6.53. The maximum absolute atomic E-state index is 12.3. The largest absolute Gasteiger partial charge is 0.395 e. The minimum atomic E-state index is -3.43. The molecule has 1 fully saturated rings. The van der Waals surface area contributed by atoms with Gasteiger partial charge in [-0.3, -0.25) is 14.8 Å². The van der Waals surface area contributed by atoms with Crippen molar-refractivity contribution >= 4 is 38.3 Å². The second-order valence-electron chi connectivity index (χ2n) is 11.4. The summed E-state index contributed by atoms with van der Waals surface area (Å²) >= 11 is 0. The molecule has 0 heterocycles. The van der Waals surface area contributed by atoms with E-state index in [-0.39, 0.29) is 25.5 Å². The average molecular weight is 595 g/mol. The van der Waals surface area contributed by atoms with Crippen LogP contribution in [0.3, 0.4) is 0 Å². The predicted molar refractivity (Wildman–Crippen MR) is 164 cm³/mol. The summed E-state index contributed by atoms with van der Waals surface area (Å²) in [4.78, 5) is 25.4. The molecule has 2 amide bonds. The van der Waals surface area contributed by atoms with Crippen molar-refractivity contribution in [1.82, 2.24) is 15.1 Å². The Labute approximate surface area is 246 Å². The van der Waals surface area contributed by atoms with Crippen LogP contribution in [0.15, 0.2) is 41.3 Å². The highest BCUT2D eigenvalue weighted by molar-refractivity contribution is 7.89. The van der Waals surface area contributed by atoms with Gasteiger partial charge in [-0.15, -0.1) is 0 Å². The van der Waals surface area contributed by atoms with Crippen LogP contribution in [0.25, 0.3) is 10.8 Å². The SMILES string of the molecule is CC(C)C.CN(C)c1cccc2c(S(=O)(=O)N(C)C)cccc12.O=C(C[C@@H](CC1CCCC1)C(=O)NCCO)NO. The van der Waals surface area contributed by atoms with E-state index in [2.05, 4.69) is 26.1 Å². The maximum atomic E-state index is 12.3. The number of hydroxylamine groups is 1. The van der Waals surface area contributed by atoms with E-state index in [1.165, 1.54) is 17.1 Å². The average Bonchev–Trinajstić information content (AvgIpc) is 3.43. The van der Waals surface area contributed by atoms with Crippen molar-refractivity contribution in [3.63, 3.8) is 0 Å². The van der Waals surface area contributed by atoms with Crippen LogP contribution in [-0.2, 0) is 19.6 Å². The Morgan fingerprint density at radius 3 is 2.05 bits per heavy atom. The summed E-state index contributed by atoms with van der Waals surface area (Å²) in [5, 5.41) is 21.5. The van der Waals surface area contributed by atoms with Gasteiger partial charge in [0.15, 0.2) is 0 Å². The summed E-state index contributed by atoms with van der Waals surface area (Å²) in [6.45, 7) is 6.58. The third kappa shape index (κ3) is 12.0. The zero-order valence-electron chi connectivity index (χ0n) is 25.7. The number of aliphatic hydroxyl groups is 1. The molecule has 1 saturated carbocycles. The summed E-state index contributed by atoms with van der Waals surface area (Å²) in [5.41, 5.74) is 2.57. The molecule has 2 aromatic carbocycles. The molecule has 41 heavy (non-hydrogen) atoms. The number of sulfonamides is 1.